The van der Waals surface area contributed by atoms with Gasteiger partial charge in [-0.1, -0.05) is 6.07 Å². The lowest BCUT2D eigenvalue weighted by atomic mass is 9.91. The zero-order valence-corrected chi connectivity index (χ0v) is 13.1. The molecule has 0 bridgehead atoms. The van der Waals surface area contributed by atoms with Crippen molar-refractivity contribution >= 4 is 10.0 Å². The summed E-state index contributed by atoms with van der Waals surface area (Å²) >= 11 is 0. The van der Waals surface area contributed by atoms with Crippen LogP contribution >= 0.6 is 0 Å². The van der Waals surface area contributed by atoms with Gasteiger partial charge in [0.2, 0.25) is 10.0 Å². The van der Waals surface area contributed by atoms with Crippen molar-refractivity contribution in [2.75, 3.05) is 13.2 Å². The number of nitriles is 1. The molecular weight excluding hydrogens is 333 g/mol. The maximum atomic E-state index is 13.5. The molecule has 0 amide bonds. The number of halogens is 3. The molecule has 1 aromatic carbocycles. The highest BCUT2D eigenvalue weighted by Crippen LogP contribution is 2.39. The Morgan fingerprint density at radius 1 is 1.30 bits per heavy atom. The van der Waals surface area contributed by atoms with Gasteiger partial charge in [-0.05, 0) is 37.5 Å². The Hall–Kier alpha value is -1.63. The zero-order valence-electron chi connectivity index (χ0n) is 12.3. The molecule has 0 spiro atoms. The fraction of sp³-hybridized carbons (Fsp3) is 0.500. The van der Waals surface area contributed by atoms with Crippen LogP contribution in [0.1, 0.15) is 24.0 Å². The summed E-state index contributed by atoms with van der Waals surface area (Å²) in [5.74, 6) is 0. The quantitative estimate of drug-likeness (QED) is 0.909. The monoisotopic (exact) mass is 348 g/mol. The second kappa shape index (κ2) is 6.11. The van der Waals surface area contributed by atoms with E-state index in [0.717, 1.165) is 6.07 Å². The number of aryl methyl sites for hydroxylation is 1. The molecule has 0 aromatic heterocycles. The third-order valence-electron chi connectivity index (χ3n) is 3.83. The first kappa shape index (κ1) is 17.7. The minimum Gasteiger partial charge on any atom is -0.381 e. The van der Waals surface area contributed by atoms with Gasteiger partial charge < -0.3 is 4.74 Å². The van der Waals surface area contributed by atoms with Gasteiger partial charge in [-0.25, -0.2) is 8.42 Å². The van der Waals surface area contributed by atoms with Crippen molar-refractivity contribution in [3.63, 3.8) is 0 Å². The number of hydrogen-bond acceptors (Lipinski definition) is 4. The molecule has 1 N–H and O–H groups in total. The minimum atomic E-state index is -4.75. The van der Waals surface area contributed by atoms with Crippen LogP contribution in [0.15, 0.2) is 23.1 Å². The summed E-state index contributed by atoms with van der Waals surface area (Å²) < 4.78 is 72.1. The Kier molecular flexibility index (Phi) is 4.71. The van der Waals surface area contributed by atoms with E-state index < -0.39 is 34.6 Å². The van der Waals surface area contributed by atoms with Crippen LogP contribution in [-0.4, -0.2) is 33.3 Å². The first-order valence-corrected chi connectivity index (χ1v) is 8.29. The summed E-state index contributed by atoms with van der Waals surface area (Å²) in [4.78, 5) is -0.327. The summed E-state index contributed by atoms with van der Waals surface area (Å²) in [7, 11) is -4.44. The van der Waals surface area contributed by atoms with E-state index in [4.69, 9.17) is 10.00 Å². The normalized spacial score (nSPS) is 18.4. The number of hydrogen-bond donors (Lipinski definition) is 1. The van der Waals surface area contributed by atoms with Crippen LogP contribution in [0.4, 0.5) is 13.2 Å². The number of ether oxygens (including phenoxy) is 1. The van der Waals surface area contributed by atoms with Gasteiger partial charge in [-0.3, -0.25) is 0 Å². The Morgan fingerprint density at radius 2 is 1.91 bits per heavy atom. The van der Waals surface area contributed by atoms with Crippen LogP contribution in [0.5, 0.6) is 0 Å². The largest absolute Gasteiger partial charge is 0.407 e. The van der Waals surface area contributed by atoms with E-state index in [1.807, 2.05) is 4.72 Å². The van der Waals surface area contributed by atoms with Crippen LogP contribution in [-0.2, 0) is 14.8 Å². The van der Waals surface area contributed by atoms with Crippen LogP contribution in [0.3, 0.4) is 0 Å². The van der Waals surface area contributed by atoms with Gasteiger partial charge in [0.1, 0.15) is 5.54 Å². The Bertz CT molecular complexity index is 733. The van der Waals surface area contributed by atoms with Gasteiger partial charge in [0.05, 0.1) is 16.5 Å². The fourth-order valence-electron chi connectivity index (χ4n) is 2.43. The molecule has 1 aliphatic rings. The number of alkyl halides is 3. The van der Waals surface area contributed by atoms with Crippen LogP contribution < -0.4 is 4.72 Å². The molecule has 1 heterocycles. The lowest BCUT2D eigenvalue weighted by Crippen LogP contribution is -2.61. The SMILES string of the molecule is Cc1ccc(C#N)cc1S(=O)(=O)NC1(C(F)(F)F)CCOCC1. The van der Waals surface area contributed by atoms with E-state index in [1.54, 1.807) is 6.07 Å². The molecule has 0 saturated carbocycles. The Labute approximate surface area is 132 Å². The highest BCUT2D eigenvalue weighted by molar-refractivity contribution is 7.89. The summed E-state index contributed by atoms with van der Waals surface area (Å²) in [6.45, 7) is 1.10. The molecule has 1 saturated heterocycles. The van der Waals surface area contributed by atoms with E-state index in [0.29, 0.717) is 0 Å². The lowest BCUT2D eigenvalue weighted by molar-refractivity contribution is -0.210. The van der Waals surface area contributed by atoms with Crippen molar-refractivity contribution in [2.45, 2.75) is 36.4 Å². The van der Waals surface area contributed by atoms with Crippen molar-refractivity contribution in [1.82, 2.24) is 4.72 Å². The molecule has 0 atom stereocenters. The summed E-state index contributed by atoms with van der Waals surface area (Å²) in [6.07, 6.45) is -5.73. The molecule has 23 heavy (non-hydrogen) atoms. The summed E-state index contributed by atoms with van der Waals surface area (Å²) in [5, 5.41) is 8.86. The second-order valence-corrected chi connectivity index (χ2v) is 7.04. The van der Waals surface area contributed by atoms with E-state index in [9.17, 15) is 21.6 Å². The Balaban J connectivity index is 2.46. The highest BCUT2D eigenvalue weighted by Gasteiger charge is 2.57. The molecule has 126 valence electrons. The minimum absolute atomic E-state index is 0.0593. The third-order valence-corrected chi connectivity index (χ3v) is 5.50. The van der Waals surface area contributed by atoms with E-state index >= 15 is 0 Å². The standard InChI is InChI=1S/C14H15F3N2O3S/c1-10-2-3-11(9-18)8-12(10)23(20,21)19-13(14(15,16)17)4-6-22-7-5-13/h2-3,8,19H,4-7H2,1H3. The maximum absolute atomic E-state index is 13.5. The predicted molar refractivity (Wildman–Crippen MR) is 75.1 cm³/mol. The number of nitrogens with one attached hydrogen (secondary N) is 1. The van der Waals surface area contributed by atoms with Crippen molar-refractivity contribution < 1.29 is 26.3 Å². The van der Waals surface area contributed by atoms with E-state index in [-0.39, 0.29) is 29.2 Å². The topological polar surface area (TPSA) is 79.2 Å². The van der Waals surface area contributed by atoms with E-state index in [2.05, 4.69) is 0 Å². The van der Waals surface area contributed by atoms with Crippen molar-refractivity contribution in [2.24, 2.45) is 0 Å². The van der Waals surface area contributed by atoms with Gasteiger partial charge in [-0.2, -0.15) is 23.2 Å². The lowest BCUT2D eigenvalue weighted by Gasteiger charge is -2.39. The predicted octanol–water partition coefficient (Wildman–Crippen LogP) is 2.26. The molecule has 5 nitrogen and oxygen atoms in total. The average Bonchev–Trinajstić information content (AvgIpc) is 2.47. The number of sulfonamides is 1. The molecular formula is C14H15F3N2O3S. The van der Waals surface area contributed by atoms with Gasteiger partial charge in [0, 0.05) is 13.2 Å². The Morgan fingerprint density at radius 3 is 2.43 bits per heavy atom. The summed E-state index contributed by atoms with van der Waals surface area (Å²) in [5.41, 5.74) is -2.23. The van der Waals surface area contributed by atoms with Crippen molar-refractivity contribution in [3.8, 4) is 6.07 Å². The first-order chi connectivity index (χ1) is 10.6. The van der Waals surface area contributed by atoms with E-state index in [1.165, 1.54) is 19.1 Å². The molecule has 0 aliphatic carbocycles. The zero-order chi connectivity index (χ0) is 17.3. The first-order valence-electron chi connectivity index (χ1n) is 6.80. The fourth-order valence-corrected chi connectivity index (χ4v) is 4.15. The van der Waals surface area contributed by atoms with Crippen LogP contribution in [0.2, 0.25) is 0 Å². The number of rotatable bonds is 3. The molecule has 1 fully saturated rings. The van der Waals surface area contributed by atoms with Crippen molar-refractivity contribution in [3.05, 3.63) is 29.3 Å². The molecule has 1 aliphatic heterocycles. The second-order valence-electron chi connectivity index (χ2n) is 5.39. The van der Waals surface area contributed by atoms with Gasteiger partial charge >= 0.3 is 6.18 Å². The van der Waals surface area contributed by atoms with Crippen LogP contribution in [0, 0.1) is 18.3 Å². The van der Waals surface area contributed by atoms with Gasteiger partial charge in [0.25, 0.3) is 0 Å². The van der Waals surface area contributed by atoms with Crippen molar-refractivity contribution in [1.29, 1.82) is 5.26 Å². The smallest absolute Gasteiger partial charge is 0.381 e. The number of nitrogens with zero attached hydrogens (tertiary/aromatic N) is 1. The molecule has 9 heteroatoms. The van der Waals surface area contributed by atoms with Crippen LogP contribution in [0.25, 0.3) is 0 Å². The maximum Gasteiger partial charge on any atom is 0.407 e. The molecule has 2 rings (SSSR count). The highest BCUT2D eigenvalue weighted by atomic mass is 32.2. The van der Waals surface area contributed by atoms with Gasteiger partial charge in [-0.15, -0.1) is 0 Å². The molecule has 1 aromatic rings. The summed E-state index contributed by atoms with van der Waals surface area (Å²) in [6, 6.07) is 5.64. The molecule has 0 unspecified atom stereocenters. The number of benzene rings is 1. The average molecular weight is 348 g/mol. The molecule has 0 radical (unpaired) electrons. The third kappa shape index (κ3) is 3.49. The van der Waals surface area contributed by atoms with Gasteiger partial charge in [0.15, 0.2) is 0 Å².